The third kappa shape index (κ3) is 6.42. The van der Waals surface area contributed by atoms with Gasteiger partial charge in [0.25, 0.3) is 11.8 Å². The number of para-hydroxylation sites is 1. The number of methoxy groups -OCH3 is 1. The van der Waals surface area contributed by atoms with Crippen molar-refractivity contribution in [3.63, 3.8) is 0 Å². The number of aryl methyl sites for hydroxylation is 2. The van der Waals surface area contributed by atoms with Crippen LogP contribution in [-0.2, 0) is 9.53 Å². The Kier molecular flexibility index (Phi) is 7.82. The molecule has 0 heterocycles. The first-order valence-electron chi connectivity index (χ1n) is 8.87. The number of benzene rings is 2. The summed E-state index contributed by atoms with van der Waals surface area (Å²) < 4.78 is 10.6. The Labute approximate surface area is 159 Å². The van der Waals surface area contributed by atoms with Gasteiger partial charge in [0.15, 0.2) is 6.61 Å². The summed E-state index contributed by atoms with van der Waals surface area (Å²) in [6.07, 6.45) is 0.744. The summed E-state index contributed by atoms with van der Waals surface area (Å²) in [5.74, 6) is 0.251. The molecule has 0 atom stereocenters. The lowest BCUT2D eigenvalue weighted by atomic mass is 10.1. The molecule has 144 valence electrons. The van der Waals surface area contributed by atoms with Crippen LogP contribution in [0.2, 0.25) is 0 Å². The molecule has 0 radical (unpaired) electrons. The fourth-order valence-electron chi connectivity index (χ4n) is 2.62. The van der Waals surface area contributed by atoms with Crippen molar-refractivity contribution in [3.8, 4) is 5.75 Å². The Morgan fingerprint density at radius 2 is 1.74 bits per heavy atom. The largest absolute Gasteiger partial charge is 0.483 e. The number of rotatable bonds is 9. The fraction of sp³-hybridized carbons (Fsp3) is 0.333. The molecule has 6 heteroatoms. The van der Waals surface area contributed by atoms with Gasteiger partial charge >= 0.3 is 0 Å². The molecule has 0 saturated heterocycles. The van der Waals surface area contributed by atoms with Gasteiger partial charge in [0.2, 0.25) is 0 Å². The minimum atomic E-state index is -0.282. The standard InChI is InChI=1S/C21H26N2O4/c1-15-7-4-8-16(2)20(15)27-14-19(24)23-18-10-5-9-17(13-18)21(25)22-11-6-12-26-3/h4-5,7-10,13H,6,11-12,14H2,1-3H3,(H,22,25)(H,23,24). The van der Waals surface area contributed by atoms with Gasteiger partial charge in [0, 0.05) is 31.5 Å². The van der Waals surface area contributed by atoms with E-state index in [-0.39, 0.29) is 18.4 Å². The van der Waals surface area contributed by atoms with E-state index >= 15 is 0 Å². The van der Waals surface area contributed by atoms with Crippen molar-refractivity contribution in [3.05, 3.63) is 59.2 Å². The van der Waals surface area contributed by atoms with E-state index in [0.717, 1.165) is 23.3 Å². The maximum Gasteiger partial charge on any atom is 0.262 e. The normalized spacial score (nSPS) is 10.3. The van der Waals surface area contributed by atoms with Crippen LogP contribution in [0.5, 0.6) is 5.75 Å². The summed E-state index contributed by atoms with van der Waals surface area (Å²) in [6.45, 7) is 4.91. The van der Waals surface area contributed by atoms with E-state index in [0.29, 0.717) is 24.4 Å². The number of nitrogens with one attached hydrogen (secondary N) is 2. The van der Waals surface area contributed by atoms with Crippen LogP contribution in [0.15, 0.2) is 42.5 Å². The van der Waals surface area contributed by atoms with Crippen molar-refractivity contribution in [1.29, 1.82) is 0 Å². The summed E-state index contributed by atoms with van der Waals surface area (Å²) >= 11 is 0. The SMILES string of the molecule is COCCCNC(=O)c1cccc(NC(=O)COc2c(C)cccc2C)c1. The van der Waals surface area contributed by atoms with Gasteiger partial charge in [0.05, 0.1) is 0 Å². The Hall–Kier alpha value is -2.86. The molecule has 2 aromatic rings. The number of carbonyl (C=O) groups excluding carboxylic acids is 2. The molecule has 27 heavy (non-hydrogen) atoms. The Morgan fingerprint density at radius 1 is 1.04 bits per heavy atom. The highest BCUT2D eigenvalue weighted by atomic mass is 16.5. The first-order chi connectivity index (χ1) is 13.0. The summed E-state index contributed by atoms with van der Waals surface area (Å²) in [5, 5.41) is 5.58. The summed E-state index contributed by atoms with van der Waals surface area (Å²) in [5.41, 5.74) is 3.00. The second-order valence-electron chi connectivity index (χ2n) is 6.24. The smallest absolute Gasteiger partial charge is 0.262 e. The number of amides is 2. The minimum Gasteiger partial charge on any atom is -0.483 e. The van der Waals surface area contributed by atoms with Crippen LogP contribution in [-0.4, -0.2) is 38.7 Å². The first kappa shape index (κ1) is 20.5. The second-order valence-corrected chi connectivity index (χ2v) is 6.24. The van der Waals surface area contributed by atoms with Gasteiger partial charge in [-0.15, -0.1) is 0 Å². The lowest BCUT2D eigenvalue weighted by Crippen LogP contribution is -2.25. The van der Waals surface area contributed by atoms with Gasteiger partial charge in [0.1, 0.15) is 5.75 Å². The van der Waals surface area contributed by atoms with E-state index in [2.05, 4.69) is 10.6 Å². The third-order valence-corrected chi connectivity index (χ3v) is 3.98. The van der Waals surface area contributed by atoms with E-state index < -0.39 is 0 Å². The molecule has 0 fully saturated rings. The van der Waals surface area contributed by atoms with E-state index in [9.17, 15) is 9.59 Å². The van der Waals surface area contributed by atoms with Gasteiger partial charge in [-0.2, -0.15) is 0 Å². The van der Waals surface area contributed by atoms with Crippen molar-refractivity contribution in [2.24, 2.45) is 0 Å². The highest BCUT2D eigenvalue weighted by Crippen LogP contribution is 2.22. The third-order valence-electron chi connectivity index (χ3n) is 3.98. The molecule has 2 rings (SSSR count). The van der Waals surface area contributed by atoms with Crippen LogP contribution in [0.1, 0.15) is 27.9 Å². The summed E-state index contributed by atoms with van der Waals surface area (Å²) in [4.78, 5) is 24.3. The highest BCUT2D eigenvalue weighted by Gasteiger charge is 2.10. The molecule has 0 spiro atoms. The van der Waals surface area contributed by atoms with Gasteiger partial charge in [-0.3, -0.25) is 9.59 Å². The molecule has 0 bridgehead atoms. The Bertz CT molecular complexity index is 769. The predicted molar refractivity (Wildman–Crippen MR) is 105 cm³/mol. The number of hydrogen-bond acceptors (Lipinski definition) is 4. The summed E-state index contributed by atoms with van der Waals surface area (Å²) in [6, 6.07) is 12.6. The molecular weight excluding hydrogens is 344 g/mol. The first-order valence-corrected chi connectivity index (χ1v) is 8.87. The predicted octanol–water partition coefficient (Wildman–Crippen LogP) is 3.09. The van der Waals surface area contributed by atoms with Crippen LogP contribution in [0, 0.1) is 13.8 Å². The zero-order valence-electron chi connectivity index (χ0n) is 16.0. The van der Waals surface area contributed by atoms with Crippen molar-refractivity contribution in [2.75, 3.05) is 32.2 Å². The van der Waals surface area contributed by atoms with Gasteiger partial charge in [-0.25, -0.2) is 0 Å². The quantitative estimate of drug-likeness (QED) is 0.665. The van der Waals surface area contributed by atoms with Gasteiger partial charge in [-0.1, -0.05) is 24.3 Å². The molecule has 6 nitrogen and oxygen atoms in total. The lowest BCUT2D eigenvalue weighted by molar-refractivity contribution is -0.118. The van der Waals surface area contributed by atoms with Gasteiger partial charge < -0.3 is 20.1 Å². The second kappa shape index (κ2) is 10.3. The zero-order valence-corrected chi connectivity index (χ0v) is 16.0. The van der Waals surface area contributed by atoms with Gasteiger partial charge in [-0.05, 0) is 49.6 Å². The molecule has 0 saturated carbocycles. The van der Waals surface area contributed by atoms with E-state index in [1.807, 2.05) is 32.0 Å². The Morgan fingerprint density at radius 3 is 2.44 bits per heavy atom. The highest BCUT2D eigenvalue weighted by molar-refractivity contribution is 5.97. The van der Waals surface area contributed by atoms with Crippen molar-refractivity contribution < 1.29 is 19.1 Å². The van der Waals surface area contributed by atoms with Crippen molar-refractivity contribution in [1.82, 2.24) is 5.32 Å². The average Bonchev–Trinajstić information content (AvgIpc) is 2.65. The number of carbonyl (C=O) groups is 2. The van der Waals surface area contributed by atoms with Crippen LogP contribution in [0.25, 0.3) is 0 Å². The molecule has 2 aromatic carbocycles. The molecule has 2 N–H and O–H groups in total. The van der Waals surface area contributed by atoms with Crippen molar-refractivity contribution >= 4 is 17.5 Å². The molecule has 0 aliphatic heterocycles. The molecule has 0 aliphatic rings. The molecule has 0 aromatic heterocycles. The lowest BCUT2D eigenvalue weighted by Gasteiger charge is -2.12. The number of anilines is 1. The van der Waals surface area contributed by atoms with Crippen molar-refractivity contribution in [2.45, 2.75) is 20.3 Å². The number of hydrogen-bond donors (Lipinski definition) is 2. The van der Waals surface area contributed by atoms with E-state index in [1.54, 1.807) is 31.4 Å². The zero-order chi connectivity index (χ0) is 19.6. The Balaban J connectivity index is 1.89. The average molecular weight is 370 g/mol. The van der Waals surface area contributed by atoms with Crippen LogP contribution in [0.3, 0.4) is 0 Å². The summed E-state index contributed by atoms with van der Waals surface area (Å²) in [7, 11) is 1.62. The molecule has 2 amide bonds. The van der Waals surface area contributed by atoms with E-state index in [1.165, 1.54) is 0 Å². The molecule has 0 aliphatic carbocycles. The van der Waals surface area contributed by atoms with Crippen LogP contribution >= 0.6 is 0 Å². The van der Waals surface area contributed by atoms with Crippen LogP contribution in [0.4, 0.5) is 5.69 Å². The topological polar surface area (TPSA) is 76.7 Å². The minimum absolute atomic E-state index is 0.0981. The maximum absolute atomic E-state index is 12.2. The fourth-order valence-corrected chi connectivity index (χ4v) is 2.62. The molecular formula is C21H26N2O4. The number of ether oxygens (including phenoxy) is 2. The van der Waals surface area contributed by atoms with Crippen LogP contribution < -0.4 is 15.4 Å². The molecule has 0 unspecified atom stereocenters. The maximum atomic E-state index is 12.2. The van der Waals surface area contributed by atoms with E-state index in [4.69, 9.17) is 9.47 Å². The monoisotopic (exact) mass is 370 g/mol.